The van der Waals surface area contributed by atoms with Crippen molar-refractivity contribution in [2.24, 2.45) is 0 Å². The third-order valence-electron chi connectivity index (χ3n) is 3.79. The average Bonchev–Trinajstić information content (AvgIpc) is 2.57. The summed E-state index contributed by atoms with van der Waals surface area (Å²) >= 11 is 0. The molecule has 142 valence electrons. The normalized spacial score (nSPS) is 25.1. The maximum atomic E-state index is 11.6. The fraction of sp³-hybridized carbons (Fsp3) is 0.500. The summed E-state index contributed by atoms with van der Waals surface area (Å²) in [6, 6.07) is 7.00. The fourth-order valence-electron chi connectivity index (χ4n) is 2.82. The van der Waals surface area contributed by atoms with Crippen molar-refractivity contribution < 1.29 is 38.1 Å². The van der Waals surface area contributed by atoms with Gasteiger partial charge in [0, 0.05) is 20.8 Å². The van der Waals surface area contributed by atoms with Crippen LogP contribution in [0.15, 0.2) is 24.3 Å². The molecule has 1 aromatic carbocycles. The Kier molecular flexibility index (Phi) is 6.57. The van der Waals surface area contributed by atoms with Crippen molar-refractivity contribution in [2.75, 3.05) is 13.7 Å². The zero-order chi connectivity index (χ0) is 19.3. The lowest BCUT2D eigenvalue weighted by atomic mass is 9.94. The first-order valence-electron chi connectivity index (χ1n) is 8.09. The van der Waals surface area contributed by atoms with Crippen LogP contribution < -0.4 is 4.74 Å². The number of methoxy groups -OCH3 is 1. The van der Waals surface area contributed by atoms with E-state index in [1.807, 2.05) is 0 Å². The molecule has 8 nitrogen and oxygen atoms in total. The van der Waals surface area contributed by atoms with Gasteiger partial charge in [0.1, 0.15) is 11.9 Å². The second kappa shape index (κ2) is 8.66. The van der Waals surface area contributed by atoms with E-state index >= 15 is 0 Å². The van der Waals surface area contributed by atoms with E-state index in [9.17, 15) is 14.4 Å². The van der Waals surface area contributed by atoms with Crippen LogP contribution >= 0.6 is 0 Å². The summed E-state index contributed by atoms with van der Waals surface area (Å²) in [6.45, 7) is 3.70. The van der Waals surface area contributed by atoms with Crippen LogP contribution in [0.2, 0.25) is 0 Å². The molecule has 0 amide bonds. The Morgan fingerprint density at radius 3 is 1.92 bits per heavy atom. The average molecular weight is 366 g/mol. The van der Waals surface area contributed by atoms with E-state index in [0.717, 1.165) is 0 Å². The topological polar surface area (TPSA) is 97.4 Å². The molecule has 1 heterocycles. The number of benzene rings is 1. The third-order valence-corrected chi connectivity index (χ3v) is 3.79. The van der Waals surface area contributed by atoms with Gasteiger partial charge in [-0.15, -0.1) is 0 Å². The Morgan fingerprint density at radius 1 is 0.885 bits per heavy atom. The number of hydrogen-bond donors (Lipinski definition) is 0. The molecule has 0 aromatic heterocycles. The van der Waals surface area contributed by atoms with Crippen molar-refractivity contribution in [3.05, 3.63) is 29.8 Å². The third kappa shape index (κ3) is 4.95. The molecule has 1 aliphatic rings. The summed E-state index contributed by atoms with van der Waals surface area (Å²) < 4.78 is 26.8. The summed E-state index contributed by atoms with van der Waals surface area (Å²) in [5.74, 6) is -1.06. The predicted octanol–water partition coefficient (Wildman–Crippen LogP) is 1.56. The van der Waals surface area contributed by atoms with Crippen LogP contribution in [0.25, 0.3) is 0 Å². The number of rotatable bonds is 5. The van der Waals surface area contributed by atoms with Gasteiger partial charge in [-0.05, 0) is 17.7 Å². The van der Waals surface area contributed by atoms with Crippen LogP contribution in [-0.2, 0) is 33.3 Å². The quantitative estimate of drug-likeness (QED) is 0.572. The molecule has 1 aliphatic heterocycles. The molecule has 0 aliphatic carbocycles. The highest BCUT2D eigenvalue weighted by Crippen LogP contribution is 2.34. The van der Waals surface area contributed by atoms with Crippen molar-refractivity contribution in [3.63, 3.8) is 0 Å². The zero-order valence-electron chi connectivity index (χ0n) is 15.1. The summed E-state index contributed by atoms with van der Waals surface area (Å²) in [4.78, 5) is 34.5. The number of ether oxygens (including phenoxy) is 5. The molecular formula is C18H22O8. The Morgan fingerprint density at radius 2 is 1.42 bits per heavy atom. The standard InChI is InChI=1S/C18H22O8/c1-10(19)24-15-9-23-16(13-5-7-14(22-4)8-6-13)18(26-12(3)21)17(15)25-11(2)20/h5-8,15-18H,9H2,1-4H3/t15-,16+,17+,18+/m1/s1. The van der Waals surface area contributed by atoms with Crippen molar-refractivity contribution in [1.29, 1.82) is 0 Å². The van der Waals surface area contributed by atoms with E-state index in [1.165, 1.54) is 20.8 Å². The minimum Gasteiger partial charge on any atom is -0.497 e. The van der Waals surface area contributed by atoms with Gasteiger partial charge < -0.3 is 23.7 Å². The molecule has 2 rings (SSSR count). The molecule has 8 heteroatoms. The van der Waals surface area contributed by atoms with E-state index in [4.69, 9.17) is 23.7 Å². The Hall–Kier alpha value is -2.61. The molecule has 4 atom stereocenters. The highest BCUT2D eigenvalue weighted by molar-refractivity contribution is 5.68. The van der Waals surface area contributed by atoms with E-state index in [-0.39, 0.29) is 6.61 Å². The number of hydrogen-bond acceptors (Lipinski definition) is 8. The van der Waals surface area contributed by atoms with Gasteiger partial charge in [-0.1, -0.05) is 12.1 Å². The molecular weight excluding hydrogens is 344 g/mol. The fourth-order valence-corrected chi connectivity index (χ4v) is 2.82. The zero-order valence-corrected chi connectivity index (χ0v) is 15.1. The lowest BCUT2D eigenvalue weighted by Crippen LogP contribution is -2.54. The maximum Gasteiger partial charge on any atom is 0.303 e. The minimum atomic E-state index is -0.985. The number of carbonyl (C=O) groups excluding carboxylic acids is 3. The molecule has 1 aromatic rings. The molecule has 0 spiro atoms. The van der Waals surface area contributed by atoms with E-state index < -0.39 is 42.3 Å². The van der Waals surface area contributed by atoms with Crippen LogP contribution in [-0.4, -0.2) is 49.9 Å². The van der Waals surface area contributed by atoms with E-state index in [2.05, 4.69) is 0 Å². The van der Waals surface area contributed by atoms with Crippen molar-refractivity contribution in [3.8, 4) is 5.75 Å². The molecule has 0 bridgehead atoms. The summed E-state index contributed by atoms with van der Waals surface area (Å²) in [6.07, 6.45) is -3.53. The molecule has 0 saturated carbocycles. The number of carbonyl (C=O) groups is 3. The minimum absolute atomic E-state index is 0.00795. The first-order chi connectivity index (χ1) is 12.3. The van der Waals surface area contributed by atoms with Crippen LogP contribution in [0, 0.1) is 0 Å². The first-order valence-corrected chi connectivity index (χ1v) is 8.09. The second-order valence-electron chi connectivity index (χ2n) is 5.82. The Bertz CT molecular complexity index is 654. The van der Waals surface area contributed by atoms with Gasteiger partial charge in [-0.3, -0.25) is 14.4 Å². The SMILES string of the molecule is COc1ccc([C@@H]2OC[C@@H](OC(C)=O)[C@H](OC(C)=O)[C@H]2OC(C)=O)cc1. The van der Waals surface area contributed by atoms with Gasteiger partial charge >= 0.3 is 17.9 Å². The van der Waals surface area contributed by atoms with Crippen molar-refractivity contribution in [1.82, 2.24) is 0 Å². The largest absolute Gasteiger partial charge is 0.497 e. The summed E-state index contributed by atoms with van der Waals surface area (Å²) in [5.41, 5.74) is 0.704. The summed E-state index contributed by atoms with van der Waals surface area (Å²) in [5, 5.41) is 0. The van der Waals surface area contributed by atoms with Gasteiger partial charge in [-0.2, -0.15) is 0 Å². The van der Waals surface area contributed by atoms with Crippen molar-refractivity contribution >= 4 is 17.9 Å². The van der Waals surface area contributed by atoms with Crippen LogP contribution in [0.1, 0.15) is 32.4 Å². The Labute approximate surface area is 151 Å². The second-order valence-corrected chi connectivity index (χ2v) is 5.82. The Balaban J connectivity index is 2.35. The highest BCUT2D eigenvalue weighted by atomic mass is 16.6. The lowest BCUT2D eigenvalue weighted by Gasteiger charge is -2.40. The van der Waals surface area contributed by atoms with E-state index in [0.29, 0.717) is 11.3 Å². The van der Waals surface area contributed by atoms with Gasteiger partial charge in [0.05, 0.1) is 13.7 Å². The van der Waals surface area contributed by atoms with Crippen LogP contribution in [0.5, 0.6) is 5.75 Å². The van der Waals surface area contributed by atoms with Gasteiger partial charge in [-0.25, -0.2) is 0 Å². The first kappa shape index (κ1) is 19.7. The summed E-state index contributed by atoms with van der Waals surface area (Å²) in [7, 11) is 1.55. The molecule has 0 radical (unpaired) electrons. The van der Waals surface area contributed by atoms with E-state index in [1.54, 1.807) is 31.4 Å². The van der Waals surface area contributed by atoms with Gasteiger partial charge in [0.2, 0.25) is 0 Å². The molecule has 0 unspecified atom stereocenters. The smallest absolute Gasteiger partial charge is 0.303 e. The highest BCUT2D eigenvalue weighted by Gasteiger charge is 2.47. The molecule has 1 saturated heterocycles. The van der Waals surface area contributed by atoms with Gasteiger partial charge in [0.15, 0.2) is 18.3 Å². The molecule has 0 N–H and O–H groups in total. The van der Waals surface area contributed by atoms with Crippen molar-refractivity contribution in [2.45, 2.75) is 45.2 Å². The van der Waals surface area contributed by atoms with Crippen LogP contribution in [0.3, 0.4) is 0 Å². The number of esters is 3. The predicted molar refractivity (Wildman–Crippen MR) is 88.3 cm³/mol. The maximum absolute atomic E-state index is 11.6. The van der Waals surface area contributed by atoms with Gasteiger partial charge in [0.25, 0.3) is 0 Å². The molecule has 26 heavy (non-hydrogen) atoms. The lowest BCUT2D eigenvalue weighted by molar-refractivity contribution is -0.227. The molecule has 1 fully saturated rings. The van der Waals surface area contributed by atoms with Crippen LogP contribution in [0.4, 0.5) is 0 Å². The monoisotopic (exact) mass is 366 g/mol.